The van der Waals surface area contributed by atoms with E-state index in [2.05, 4.69) is 20.3 Å². The van der Waals surface area contributed by atoms with Gasteiger partial charge >= 0.3 is 6.01 Å². The van der Waals surface area contributed by atoms with Crippen molar-refractivity contribution in [3.8, 4) is 0 Å². The summed E-state index contributed by atoms with van der Waals surface area (Å²) in [5, 5.41) is 3.01. The molecule has 0 aliphatic carbocycles. The Morgan fingerprint density at radius 2 is 2.06 bits per heavy atom. The number of nitrogens with one attached hydrogen (secondary N) is 1. The predicted octanol–water partition coefficient (Wildman–Crippen LogP) is 2.36. The number of aromatic nitrogens is 3. The summed E-state index contributed by atoms with van der Waals surface area (Å²) in [6, 6.07) is 7.77. The zero-order valence-electron chi connectivity index (χ0n) is 8.29. The maximum atomic E-state index is 5.46. The number of rotatable bonds is 2. The molecule has 0 amide bonds. The third kappa shape index (κ3) is 1.58. The summed E-state index contributed by atoms with van der Waals surface area (Å²) < 4.78 is 5.46. The molecule has 0 spiro atoms. The van der Waals surface area contributed by atoms with E-state index in [0.717, 1.165) is 5.69 Å². The summed E-state index contributed by atoms with van der Waals surface area (Å²) in [5.74, 6) is 0. The lowest BCUT2D eigenvalue weighted by atomic mass is 10.4. The molecule has 5 heteroatoms. The van der Waals surface area contributed by atoms with Crippen molar-refractivity contribution in [3.63, 3.8) is 0 Å². The number of oxazole rings is 1. The Balaban J connectivity index is 1.95. The van der Waals surface area contributed by atoms with E-state index in [1.807, 2.05) is 18.2 Å². The lowest BCUT2D eigenvalue weighted by Crippen LogP contribution is -1.89. The molecule has 0 aliphatic heterocycles. The Hall–Kier alpha value is -2.43. The van der Waals surface area contributed by atoms with Gasteiger partial charge in [0, 0.05) is 12.4 Å². The molecule has 3 heterocycles. The minimum atomic E-state index is 0.418. The van der Waals surface area contributed by atoms with Crippen LogP contribution in [0, 0.1) is 0 Å². The van der Waals surface area contributed by atoms with Gasteiger partial charge in [0.2, 0.25) is 5.65 Å². The standard InChI is InChI=1S/C11H8N4O/c1-3-8(7-12-5-1)14-11-15-10-9(16-11)4-2-6-13-10/h1-7H,(H,13,14,15). The number of pyridine rings is 2. The number of anilines is 2. The number of hydrogen-bond donors (Lipinski definition) is 1. The Morgan fingerprint density at radius 1 is 1.12 bits per heavy atom. The van der Waals surface area contributed by atoms with Gasteiger partial charge in [0.05, 0.1) is 11.9 Å². The smallest absolute Gasteiger partial charge is 0.301 e. The predicted molar refractivity (Wildman–Crippen MR) is 59.3 cm³/mol. The SMILES string of the molecule is c1cncc(Nc2nc3ncccc3o2)c1. The van der Waals surface area contributed by atoms with Gasteiger partial charge in [-0.25, -0.2) is 4.98 Å². The number of hydrogen-bond acceptors (Lipinski definition) is 5. The van der Waals surface area contributed by atoms with Crippen LogP contribution in [0.1, 0.15) is 0 Å². The molecule has 1 N–H and O–H groups in total. The summed E-state index contributed by atoms with van der Waals surface area (Å²) in [7, 11) is 0. The van der Waals surface area contributed by atoms with E-state index in [1.54, 1.807) is 24.7 Å². The molecule has 16 heavy (non-hydrogen) atoms. The summed E-state index contributed by atoms with van der Waals surface area (Å²) in [6.07, 6.45) is 5.08. The van der Waals surface area contributed by atoms with Crippen molar-refractivity contribution in [2.24, 2.45) is 0 Å². The minimum Gasteiger partial charge on any atom is -0.422 e. The van der Waals surface area contributed by atoms with Crippen molar-refractivity contribution < 1.29 is 4.42 Å². The van der Waals surface area contributed by atoms with Crippen LogP contribution in [0.4, 0.5) is 11.7 Å². The highest BCUT2D eigenvalue weighted by molar-refractivity contribution is 5.70. The van der Waals surface area contributed by atoms with Gasteiger partial charge in [0.15, 0.2) is 5.58 Å². The Morgan fingerprint density at radius 3 is 2.88 bits per heavy atom. The Bertz CT molecular complexity index is 572. The molecule has 3 rings (SSSR count). The van der Waals surface area contributed by atoms with E-state index in [1.165, 1.54) is 0 Å². The van der Waals surface area contributed by atoms with Gasteiger partial charge in [-0.3, -0.25) is 4.98 Å². The van der Waals surface area contributed by atoms with Crippen molar-refractivity contribution >= 4 is 22.9 Å². The summed E-state index contributed by atoms with van der Waals surface area (Å²) in [4.78, 5) is 12.3. The summed E-state index contributed by atoms with van der Waals surface area (Å²) >= 11 is 0. The van der Waals surface area contributed by atoms with E-state index in [0.29, 0.717) is 17.2 Å². The molecule has 5 nitrogen and oxygen atoms in total. The van der Waals surface area contributed by atoms with Crippen LogP contribution in [-0.2, 0) is 0 Å². The van der Waals surface area contributed by atoms with E-state index >= 15 is 0 Å². The molecule has 0 saturated carbocycles. The molecule has 3 aromatic heterocycles. The number of fused-ring (bicyclic) bond motifs is 1. The van der Waals surface area contributed by atoms with Crippen LogP contribution < -0.4 is 5.32 Å². The van der Waals surface area contributed by atoms with Gasteiger partial charge in [0.25, 0.3) is 0 Å². The van der Waals surface area contributed by atoms with Crippen molar-refractivity contribution in [1.29, 1.82) is 0 Å². The van der Waals surface area contributed by atoms with Gasteiger partial charge in [-0.15, -0.1) is 0 Å². The van der Waals surface area contributed by atoms with Crippen molar-refractivity contribution in [2.75, 3.05) is 5.32 Å². The average Bonchev–Trinajstić information content (AvgIpc) is 2.72. The fourth-order valence-corrected chi connectivity index (χ4v) is 1.38. The Labute approximate surface area is 91.2 Å². The van der Waals surface area contributed by atoms with Crippen molar-refractivity contribution in [3.05, 3.63) is 42.9 Å². The van der Waals surface area contributed by atoms with E-state index in [4.69, 9.17) is 4.42 Å². The summed E-state index contributed by atoms with van der Waals surface area (Å²) in [5.41, 5.74) is 2.08. The minimum absolute atomic E-state index is 0.418. The molecule has 0 aromatic carbocycles. The van der Waals surface area contributed by atoms with Gasteiger partial charge in [0.1, 0.15) is 0 Å². The van der Waals surface area contributed by atoms with Crippen molar-refractivity contribution in [1.82, 2.24) is 15.0 Å². The van der Waals surface area contributed by atoms with Gasteiger partial charge in [-0.05, 0) is 24.3 Å². The largest absolute Gasteiger partial charge is 0.422 e. The first-order chi connectivity index (χ1) is 7.92. The molecular weight excluding hydrogens is 204 g/mol. The molecule has 0 radical (unpaired) electrons. The second-order valence-electron chi connectivity index (χ2n) is 3.21. The monoisotopic (exact) mass is 212 g/mol. The highest BCUT2D eigenvalue weighted by Crippen LogP contribution is 2.19. The van der Waals surface area contributed by atoms with Crippen LogP contribution in [0.15, 0.2) is 47.3 Å². The van der Waals surface area contributed by atoms with Crippen LogP contribution in [0.3, 0.4) is 0 Å². The highest BCUT2D eigenvalue weighted by Gasteiger charge is 2.05. The molecular formula is C11H8N4O. The lowest BCUT2D eigenvalue weighted by molar-refractivity contribution is 0.623. The van der Waals surface area contributed by atoms with E-state index in [9.17, 15) is 0 Å². The summed E-state index contributed by atoms with van der Waals surface area (Å²) in [6.45, 7) is 0. The first-order valence-corrected chi connectivity index (χ1v) is 4.80. The maximum Gasteiger partial charge on any atom is 0.301 e. The zero-order chi connectivity index (χ0) is 10.8. The fourth-order valence-electron chi connectivity index (χ4n) is 1.38. The number of nitrogens with zero attached hydrogens (tertiary/aromatic N) is 3. The van der Waals surface area contributed by atoms with Crippen LogP contribution >= 0.6 is 0 Å². The van der Waals surface area contributed by atoms with E-state index < -0.39 is 0 Å². The average molecular weight is 212 g/mol. The molecule has 0 fully saturated rings. The second kappa shape index (κ2) is 3.62. The molecule has 0 unspecified atom stereocenters. The van der Waals surface area contributed by atoms with Crippen LogP contribution in [0.2, 0.25) is 0 Å². The molecule has 0 aliphatic rings. The van der Waals surface area contributed by atoms with Gasteiger partial charge in [-0.1, -0.05) is 0 Å². The second-order valence-corrected chi connectivity index (χ2v) is 3.21. The van der Waals surface area contributed by atoms with Gasteiger partial charge in [-0.2, -0.15) is 4.98 Å². The first kappa shape index (κ1) is 8.84. The third-order valence-corrected chi connectivity index (χ3v) is 2.08. The zero-order valence-corrected chi connectivity index (χ0v) is 8.29. The van der Waals surface area contributed by atoms with E-state index in [-0.39, 0.29) is 0 Å². The normalized spacial score (nSPS) is 10.5. The molecule has 3 aromatic rings. The molecule has 0 atom stereocenters. The molecule has 0 bridgehead atoms. The molecule has 78 valence electrons. The third-order valence-electron chi connectivity index (χ3n) is 2.08. The highest BCUT2D eigenvalue weighted by atomic mass is 16.4. The maximum absolute atomic E-state index is 5.46. The van der Waals surface area contributed by atoms with Crippen molar-refractivity contribution in [2.45, 2.75) is 0 Å². The fraction of sp³-hybridized carbons (Fsp3) is 0. The van der Waals surface area contributed by atoms with Crippen LogP contribution in [0.25, 0.3) is 11.2 Å². The Kier molecular flexibility index (Phi) is 2.00. The van der Waals surface area contributed by atoms with Crippen LogP contribution in [-0.4, -0.2) is 15.0 Å². The topological polar surface area (TPSA) is 63.8 Å². The lowest BCUT2D eigenvalue weighted by Gasteiger charge is -1.98. The first-order valence-electron chi connectivity index (χ1n) is 4.80. The molecule has 0 saturated heterocycles. The quantitative estimate of drug-likeness (QED) is 0.706. The van der Waals surface area contributed by atoms with Crippen LogP contribution in [0.5, 0.6) is 0 Å². The van der Waals surface area contributed by atoms with Gasteiger partial charge < -0.3 is 9.73 Å².